The average Bonchev–Trinajstić information content (AvgIpc) is 3.25. The highest BCUT2D eigenvalue weighted by Crippen LogP contribution is 2.53. The molecule has 0 saturated heterocycles. The van der Waals surface area contributed by atoms with Crippen molar-refractivity contribution in [3.63, 3.8) is 0 Å². The molecule has 2 heteroatoms. The normalized spacial score (nSPS) is 19.3. The molecule has 2 aliphatic rings. The average molecular weight is 487 g/mol. The highest BCUT2D eigenvalue weighted by molar-refractivity contribution is 6.06. The van der Waals surface area contributed by atoms with Crippen LogP contribution in [-0.2, 0) is 0 Å². The summed E-state index contributed by atoms with van der Waals surface area (Å²) in [5.41, 5.74) is 9.07. The van der Waals surface area contributed by atoms with Crippen LogP contribution in [0.25, 0.3) is 33.0 Å². The van der Waals surface area contributed by atoms with E-state index in [1.807, 2.05) is 24.3 Å². The van der Waals surface area contributed by atoms with Crippen molar-refractivity contribution in [2.75, 3.05) is 4.90 Å². The van der Waals surface area contributed by atoms with Crippen molar-refractivity contribution in [2.45, 2.75) is 18.4 Å². The van der Waals surface area contributed by atoms with Gasteiger partial charge in [0, 0.05) is 17.3 Å². The van der Waals surface area contributed by atoms with Gasteiger partial charge in [-0.15, -0.1) is 0 Å². The van der Waals surface area contributed by atoms with Crippen molar-refractivity contribution < 1.29 is 0 Å². The molecule has 0 spiro atoms. The maximum absolute atomic E-state index is 9.24. The summed E-state index contributed by atoms with van der Waals surface area (Å²) in [6.45, 7) is 2.33. The molecular formula is C36H26N2. The van der Waals surface area contributed by atoms with Gasteiger partial charge in [0.1, 0.15) is 0 Å². The minimum Gasteiger partial charge on any atom is -0.331 e. The number of nitriles is 1. The number of rotatable bonds is 3. The monoisotopic (exact) mass is 486 g/mol. The van der Waals surface area contributed by atoms with Crippen LogP contribution in [0.2, 0.25) is 0 Å². The Morgan fingerprint density at radius 1 is 0.711 bits per heavy atom. The molecule has 180 valence electrons. The topological polar surface area (TPSA) is 27.0 Å². The van der Waals surface area contributed by atoms with Gasteiger partial charge in [0.15, 0.2) is 0 Å². The molecular weight excluding hydrogens is 460 g/mol. The summed E-state index contributed by atoms with van der Waals surface area (Å²) in [5.74, 6) is 0.330. The fraction of sp³-hybridized carbons (Fsp3) is 0.0833. The first-order valence-electron chi connectivity index (χ1n) is 13.1. The van der Waals surface area contributed by atoms with Crippen LogP contribution < -0.4 is 4.90 Å². The summed E-state index contributed by atoms with van der Waals surface area (Å²) in [4.78, 5) is 2.49. The number of para-hydroxylation sites is 1. The van der Waals surface area contributed by atoms with Crippen LogP contribution in [0.15, 0.2) is 133 Å². The maximum Gasteiger partial charge on any atom is 0.0991 e. The van der Waals surface area contributed by atoms with Gasteiger partial charge in [-0.25, -0.2) is 0 Å². The third kappa shape index (κ3) is 3.33. The van der Waals surface area contributed by atoms with E-state index in [4.69, 9.17) is 0 Å². The van der Waals surface area contributed by atoms with Gasteiger partial charge in [-0.2, -0.15) is 5.26 Å². The van der Waals surface area contributed by atoms with Gasteiger partial charge in [0.2, 0.25) is 0 Å². The van der Waals surface area contributed by atoms with Crippen LogP contribution >= 0.6 is 0 Å². The van der Waals surface area contributed by atoms with Crippen LogP contribution in [0.1, 0.15) is 24.0 Å². The zero-order valence-electron chi connectivity index (χ0n) is 21.2. The molecule has 1 aliphatic heterocycles. The van der Waals surface area contributed by atoms with E-state index in [1.165, 1.54) is 44.4 Å². The molecule has 0 bridgehead atoms. The number of hydrogen-bond donors (Lipinski definition) is 0. The molecule has 0 saturated carbocycles. The molecule has 0 aromatic heterocycles. The number of fused-ring (bicyclic) bond motifs is 4. The second-order valence-electron chi connectivity index (χ2n) is 10.3. The summed E-state index contributed by atoms with van der Waals surface area (Å²) < 4.78 is 0. The highest BCUT2D eigenvalue weighted by Gasteiger charge is 2.46. The quantitative estimate of drug-likeness (QED) is 0.254. The van der Waals surface area contributed by atoms with Gasteiger partial charge in [-0.1, -0.05) is 103 Å². The van der Waals surface area contributed by atoms with Gasteiger partial charge in [-0.3, -0.25) is 0 Å². The maximum atomic E-state index is 9.24. The first-order chi connectivity index (χ1) is 18.7. The predicted molar refractivity (Wildman–Crippen MR) is 158 cm³/mol. The molecule has 0 amide bonds. The molecule has 7 rings (SSSR count). The lowest BCUT2D eigenvalue weighted by atomic mass is 9.80. The number of anilines is 2. The largest absolute Gasteiger partial charge is 0.331 e. The Morgan fingerprint density at radius 3 is 2.05 bits per heavy atom. The Balaban J connectivity index is 1.34. The number of hydrogen-bond acceptors (Lipinski definition) is 2. The molecule has 5 aromatic carbocycles. The molecule has 38 heavy (non-hydrogen) atoms. The lowest BCUT2D eigenvalue weighted by molar-refractivity contribution is 0.542. The van der Waals surface area contributed by atoms with Crippen molar-refractivity contribution in [3.05, 3.63) is 145 Å². The van der Waals surface area contributed by atoms with E-state index in [0.717, 1.165) is 5.56 Å². The minimum absolute atomic E-state index is 0.137. The number of allylic oxidation sites excluding steroid dienone is 2. The summed E-state index contributed by atoms with van der Waals surface area (Å²) in [5, 5.41) is 11.7. The summed E-state index contributed by atoms with van der Waals surface area (Å²) in [7, 11) is 0. The van der Waals surface area contributed by atoms with Crippen molar-refractivity contribution in [1.82, 2.24) is 0 Å². The lowest BCUT2D eigenvalue weighted by Gasteiger charge is -2.39. The molecule has 1 aliphatic carbocycles. The Labute approximate surface area is 223 Å². The summed E-state index contributed by atoms with van der Waals surface area (Å²) in [6.07, 6.45) is 9.00. The van der Waals surface area contributed by atoms with Gasteiger partial charge in [0.25, 0.3) is 0 Å². The van der Waals surface area contributed by atoms with Crippen LogP contribution in [0.5, 0.6) is 0 Å². The third-order valence-corrected chi connectivity index (χ3v) is 8.14. The van der Waals surface area contributed by atoms with Gasteiger partial charge < -0.3 is 4.90 Å². The lowest BCUT2D eigenvalue weighted by Crippen LogP contribution is -2.41. The van der Waals surface area contributed by atoms with Crippen LogP contribution in [0.3, 0.4) is 0 Å². The molecule has 0 fully saturated rings. The standard InChI is InChI=1S/C36H26N2/c1-36-23-5-4-13-33(36)32-10-2-3-14-34(32)38(36)29-21-19-27(20-22-29)31-12-7-9-28-8-6-11-30(35(28)31)26-17-15-25(24-37)16-18-26/h2-23,33H,1H3. The van der Waals surface area contributed by atoms with E-state index in [-0.39, 0.29) is 5.54 Å². The van der Waals surface area contributed by atoms with E-state index >= 15 is 0 Å². The predicted octanol–water partition coefficient (Wildman–Crippen LogP) is 9.17. The second kappa shape index (κ2) is 8.61. The van der Waals surface area contributed by atoms with Crippen molar-refractivity contribution in [1.29, 1.82) is 5.26 Å². The minimum atomic E-state index is -0.137. The number of nitrogens with zero attached hydrogens (tertiary/aromatic N) is 2. The second-order valence-corrected chi connectivity index (χ2v) is 10.3. The van der Waals surface area contributed by atoms with Gasteiger partial charge in [-0.05, 0) is 75.8 Å². The summed E-state index contributed by atoms with van der Waals surface area (Å²) >= 11 is 0. The highest BCUT2D eigenvalue weighted by atomic mass is 15.2. The number of benzene rings is 5. The molecule has 5 aromatic rings. The first-order valence-corrected chi connectivity index (χ1v) is 13.1. The van der Waals surface area contributed by atoms with E-state index in [0.29, 0.717) is 11.5 Å². The van der Waals surface area contributed by atoms with Gasteiger partial charge in [0.05, 0.1) is 17.2 Å². The molecule has 1 heterocycles. The molecule has 2 unspecified atom stereocenters. The summed E-state index contributed by atoms with van der Waals surface area (Å²) in [6, 6.07) is 40.9. The van der Waals surface area contributed by atoms with Crippen LogP contribution in [0.4, 0.5) is 11.4 Å². The fourth-order valence-electron chi connectivity index (χ4n) is 6.32. The smallest absolute Gasteiger partial charge is 0.0991 e. The van der Waals surface area contributed by atoms with E-state index in [9.17, 15) is 5.26 Å². The molecule has 2 atom stereocenters. The Bertz CT molecular complexity index is 1780. The Hall–Kier alpha value is -4.87. The Kier molecular flexibility index (Phi) is 5.06. The van der Waals surface area contributed by atoms with Crippen LogP contribution in [-0.4, -0.2) is 5.54 Å². The van der Waals surface area contributed by atoms with Crippen molar-refractivity contribution in [3.8, 4) is 28.3 Å². The van der Waals surface area contributed by atoms with Crippen molar-refractivity contribution >= 4 is 22.1 Å². The molecule has 2 nitrogen and oxygen atoms in total. The van der Waals surface area contributed by atoms with Gasteiger partial charge >= 0.3 is 0 Å². The Morgan fingerprint density at radius 2 is 1.37 bits per heavy atom. The molecule has 0 radical (unpaired) electrons. The fourth-order valence-corrected chi connectivity index (χ4v) is 6.32. The van der Waals surface area contributed by atoms with E-state index < -0.39 is 0 Å². The zero-order chi connectivity index (χ0) is 25.7. The first kappa shape index (κ1) is 22.3. The van der Waals surface area contributed by atoms with E-state index in [2.05, 4.69) is 127 Å². The SMILES string of the molecule is CC12C=CC=CC1c1ccccc1N2c1ccc(-c2cccc3cccc(-c4ccc(C#N)cc4)c23)cc1. The van der Waals surface area contributed by atoms with Crippen molar-refractivity contribution in [2.24, 2.45) is 0 Å². The molecule has 0 N–H and O–H groups in total. The third-order valence-electron chi connectivity index (χ3n) is 8.14. The van der Waals surface area contributed by atoms with Crippen LogP contribution in [0, 0.1) is 11.3 Å². The van der Waals surface area contributed by atoms with E-state index in [1.54, 1.807) is 0 Å². The zero-order valence-corrected chi connectivity index (χ0v) is 21.2.